The summed E-state index contributed by atoms with van der Waals surface area (Å²) in [4.78, 5) is 10.9. The SMILES string of the molecule is O=NC(CCCc1ccccc1)c1ccccc1. The third-order valence-corrected chi connectivity index (χ3v) is 3.10. The van der Waals surface area contributed by atoms with Gasteiger partial charge in [-0.3, -0.25) is 0 Å². The smallest absolute Gasteiger partial charge is 0.117 e. The molecule has 0 bridgehead atoms. The van der Waals surface area contributed by atoms with Gasteiger partial charge in [-0.05, 0) is 30.4 Å². The van der Waals surface area contributed by atoms with E-state index in [4.69, 9.17) is 0 Å². The van der Waals surface area contributed by atoms with Crippen LogP contribution in [-0.4, -0.2) is 0 Å². The normalized spacial score (nSPS) is 12.0. The summed E-state index contributed by atoms with van der Waals surface area (Å²) in [5.41, 5.74) is 2.33. The quantitative estimate of drug-likeness (QED) is 0.681. The lowest BCUT2D eigenvalue weighted by Crippen LogP contribution is -1.96. The Morgan fingerprint density at radius 3 is 2.11 bits per heavy atom. The first-order chi connectivity index (χ1) is 8.90. The molecule has 0 aliphatic rings. The van der Waals surface area contributed by atoms with Crippen molar-refractivity contribution in [3.05, 3.63) is 76.7 Å². The molecule has 0 saturated heterocycles. The van der Waals surface area contributed by atoms with Crippen LogP contribution in [0.5, 0.6) is 0 Å². The zero-order valence-corrected chi connectivity index (χ0v) is 10.3. The highest BCUT2D eigenvalue weighted by atomic mass is 16.3. The number of benzene rings is 2. The number of hydrogen-bond donors (Lipinski definition) is 0. The van der Waals surface area contributed by atoms with Gasteiger partial charge in [0.2, 0.25) is 0 Å². The van der Waals surface area contributed by atoms with Crippen molar-refractivity contribution in [3.63, 3.8) is 0 Å². The van der Waals surface area contributed by atoms with E-state index in [1.807, 2.05) is 48.5 Å². The van der Waals surface area contributed by atoms with E-state index >= 15 is 0 Å². The van der Waals surface area contributed by atoms with Crippen molar-refractivity contribution in [3.8, 4) is 0 Å². The Kier molecular flexibility index (Phi) is 4.65. The van der Waals surface area contributed by atoms with Crippen LogP contribution < -0.4 is 0 Å². The molecule has 18 heavy (non-hydrogen) atoms. The van der Waals surface area contributed by atoms with E-state index in [-0.39, 0.29) is 6.04 Å². The van der Waals surface area contributed by atoms with E-state index in [0.29, 0.717) is 0 Å². The van der Waals surface area contributed by atoms with E-state index in [1.165, 1.54) is 5.56 Å². The van der Waals surface area contributed by atoms with E-state index in [1.54, 1.807) is 0 Å². The second-order valence-corrected chi connectivity index (χ2v) is 4.41. The van der Waals surface area contributed by atoms with Crippen LogP contribution in [0.4, 0.5) is 0 Å². The molecule has 1 atom stereocenters. The lowest BCUT2D eigenvalue weighted by Gasteiger charge is -2.09. The topological polar surface area (TPSA) is 29.4 Å². The third kappa shape index (κ3) is 3.52. The van der Waals surface area contributed by atoms with Crippen molar-refractivity contribution < 1.29 is 0 Å². The standard InChI is InChI=1S/C16H17NO/c18-17-16(15-11-5-2-6-12-15)13-7-10-14-8-3-1-4-9-14/h1-6,8-9,11-12,16H,7,10,13H2. The Hall–Kier alpha value is -1.96. The predicted molar refractivity (Wildman–Crippen MR) is 74.4 cm³/mol. The molecule has 0 amide bonds. The minimum absolute atomic E-state index is 0.213. The first-order valence-corrected chi connectivity index (χ1v) is 6.31. The summed E-state index contributed by atoms with van der Waals surface area (Å²) in [7, 11) is 0. The van der Waals surface area contributed by atoms with E-state index in [9.17, 15) is 4.91 Å². The molecule has 2 aromatic rings. The van der Waals surface area contributed by atoms with Crippen LogP contribution in [0.15, 0.2) is 65.8 Å². The number of nitroso groups, excluding NO2 is 1. The fourth-order valence-electron chi connectivity index (χ4n) is 2.10. The molecule has 2 nitrogen and oxygen atoms in total. The summed E-state index contributed by atoms with van der Waals surface area (Å²) in [6.45, 7) is 0. The number of nitrogens with zero attached hydrogens (tertiary/aromatic N) is 1. The molecule has 0 aromatic heterocycles. The maximum atomic E-state index is 10.9. The maximum Gasteiger partial charge on any atom is 0.117 e. The number of aryl methyl sites for hydroxylation is 1. The molecule has 0 fully saturated rings. The van der Waals surface area contributed by atoms with E-state index < -0.39 is 0 Å². The van der Waals surface area contributed by atoms with Gasteiger partial charge in [0.1, 0.15) is 6.04 Å². The first-order valence-electron chi connectivity index (χ1n) is 6.31. The summed E-state index contributed by atoms with van der Waals surface area (Å²) < 4.78 is 0. The molecule has 0 N–H and O–H groups in total. The maximum absolute atomic E-state index is 10.9. The molecule has 0 radical (unpaired) electrons. The molecule has 0 heterocycles. The zero-order chi connectivity index (χ0) is 12.6. The van der Waals surface area contributed by atoms with Crippen molar-refractivity contribution >= 4 is 0 Å². The summed E-state index contributed by atoms with van der Waals surface area (Å²) >= 11 is 0. The average Bonchev–Trinajstić information content (AvgIpc) is 2.46. The van der Waals surface area contributed by atoms with Gasteiger partial charge in [0, 0.05) is 0 Å². The second kappa shape index (κ2) is 6.70. The van der Waals surface area contributed by atoms with Crippen molar-refractivity contribution in [2.75, 3.05) is 0 Å². The Labute approximate surface area is 108 Å². The van der Waals surface area contributed by atoms with Crippen LogP contribution in [0.1, 0.15) is 30.0 Å². The van der Waals surface area contributed by atoms with Crippen LogP contribution in [0.3, 0.4) is 0 Å². The van der Waals surface area contributed by atoms with Crippen molar-refractivity contribution in [1.82, 2.24) is 0 Å². The monoisotopic (exact) mass is 239 g/mol. The van der Waals surface area contributed by atoms with Gasteiger partial charge in [0.15, 0.2) is 0 Å². The van der Waals surface area contributed by atoms with Crippen molar-refractivity contribution in [1.29, 1.82) is 0 Å². The van der Waals surface area contributed by atoms with Crippen molar-refractivity contribution in [2.45, 2.75) is 25.3 Å². The highest BCUT2D eigenvalue weighted by molar-refractivity contribution is 5.19. The van der Waals surface area contributed by atoms with Crippen LogP contribution in [-0.2, 0) is 6.42 Å². The summed E-state index contributed by atoms with van der Waals surface area (Å²) in [5.74, 6) is 0. The van der Waals surface area contributed by atoms with Gasteiger partial charge in [-0.15, -0.1) is 0 Å². The molecule has 2 aromatic carbocycles. The molecule has 0 saturated carbocycles. The lowest BCUT2D eigenvalue weighted by atomic mass is 10.00. The van der Waals surface area contributed by atoms with E-state index in [2.05, 4.69) is 17.3 Å². The molecule has 0 aliphatic carbocycles. The van der Waals surface area contributed by atoms with Crippen molar-refractivity contribution in [2.24, 2.45) is 5.18 Å². The lowest BCUT2D eigenvalue weighted by molar-refractivity contribution is 0.610. The third-order valence-electron chi connectivity index (χ3n) is 3.10. The molecule has 2 heteroatoms. The Morgan fingerprint density at radius 1 is 0.889 bits per heavy atom. The summed E-state index contributed by atoms with van der Waals surface area (Å²) in [6, 6.07) is 19.9. The zero-order valence-electron chi connectivity index (χ0n) is 10.3. The second-order valence-electron chi connectivity index (χ2n) is 4.41. The van der Waals surface area contributed by atoms with Gasteiger partial charge in [-0.25, -0.2) is 0 Å². The molecule has 1 unspecified atom stereocenters. The number of rotatable bonds is 6. The predicted octanol–water partition coefficient (Wildman–Crippen LogP) is 4.52. The molecule has 2 rings (SSSR count). The minimum atomic E-state index is -0.213. The minimum Gasteiger partial charge on any atom is -0.150 e. The van der Waals surface area contributed by atoms with E-state index in [0.717, 1.165) is 24.8 Å². The molecule has 0 aliphatic heterocycles. The van der Waals surface area contributed by atoms with Gasteiger partial charge >= 0.3 is 0 Å². The average molecular weight is 239 g/mol. The summed E-state index contributed by atoms with van der Waals surface area (Å²) in [5, 5.41) is 3.24. The van der Waals surface area contributed by atoms with Gasteiger partial charge in [-0.2, -0.15) is 4.91 Å². The van der Waals surface area contributed by atoms with Gasteiger partial charge in [0.05, 0.1) is 0 Å². The largest absolute Gasteiger partial charge is 0.150 e. The Bertz CT molecular complexity index is 467. The summed E-state index contributed by atoms with van der Waals surface area (Å²) in [6.07, 6.45) is 2.79. The molecular weight excluding hydrogens is 222 g/mol. The first kappa shape index (κ1) is 12.5. The van der Waals surface area contributed by atoms with Gasteiger partial charge < -0.3 is 0 Å². The molecule has 0 spiro atoms. The van der Waals surface area contributed by atoms with Crippen LogP contribution >= 0.6 is 0 Å². The fraction of sp³-hybridized carbons (Fsp3) is 0.250. The highest BCUT2D eigenvalue weighted by Gasteiger charge is 2.10. The molecular formula is C16H17NO. The van der Waals surface area contributed by atoms with Crippen LogP contribution in [0.25, 0.3) is 0 Å². The number of hydrogen-bond acceptors (Lipinski definition) is 2. The molecule has 92 valence electrons. The van der Waals surface area contributed by atoms with Crippen LogP contribution in [0, 0.1) is 4.91 Å². The fourth-order valence-corrected chi connectivity index (χ4v) is 2.10. The Balaban J connectivity index is 1.87. The van der Waals surface area contributed by atoms with Gasteiger partial charge in [0.25, 0.3) is 0 Å². The van der Waals surface area contributed by atoms with Gasteiger partial charge in [-0.1, -0.05) is 65.8 Å². The Morgan fingerprint density at radius 2 is 1.50 bits per heavy atom. The highest BCUT2D eigenvalue weighted by Crippen LogP contribution is 2.23. The van der Waals surface area contributed by atoms with Crippen LogP contribution in [0.2, 0.25) is 0 Å².